The predicted octanol–water partition coefficient (Wildman–Crippen LogP) is 2.52. The summed E-state index contributed by atoms with van der Waals surface area (Å²) in [5, 5.41) is 11.1. The molecule has 112 valence electrons. The van der Waals surface area contributed by atoms with Crippen molar-refractivity contribution in [3.05, 3.63) is 29.5 Å². The monoisotopic (exact) mass is 287 g/mol. The van der Waals surface area contributed by atoms with Crippen LogP contribution in [0.15, 0.2) is 18.2 Å². The molecule has 0 spiro atoms. The van der Waals surface area contributed by atoms with Crippen LogP contribution < -0.4 is 14.8 Å². The highest BCUT2D eigenvalue weighted by Crippen LogP contribution is 2.35. The highest BCUT2D eigenvalue weighted by molar-refractivity contribution is 5.72. The van der Waals surface area contributed by atoms with E-state index >= 15 is 0 Å². The zero-order valence-electron chi connectivity index (χ0n) is 12.5. The Morgan fingerprint density at radius 1 is 1.19 bits per heavy atom. The summed E-state index contributed by atoms with van der Waals surface area (Å²) in [7, 11) is 0. The average molecular weight is 287 g/mol. The van der Waals surface area contributed by atoms with Gasteiger partial charge in [0, 0.05) is 42.4 Å². The molecule has 2 heterocycles. The Bertz CT molecular complexity index is 622. The lowest BCUT2D eigenvalue weighted by atomic mass is 10.0. The van der Waals surface area contributed by atoms with Gasteiger partial charge >= 0.3 is 0 Å². The van der Waals surface area contributed by atoms with Crippen LogP contribution in [0.3, 0.4) is 0 Å². The molecule has 0 saturated carbocycles. The minimum Gasteiger partial charge on any atom is -0.494 e. The summed E-state index contributed by atoms with van der Waals surface area (Å²) < 4.78 is 11.3. The van der Waals surface area contributed by atoms with Crippen molar-refractivity contribution >= 4 is 0 Å². The highest BCUT2D eigenvalue weighted by atomic mass is 16.5. The Labute approximate surface area is 124 Å². The van der Waals surface area contributed by atoms with Crippen molar-refractivity contribution in [2.75, 3.05) is 19.8 Å². The summed E-state index contributed by atoms with van der Waals surface area (Å²) in [4.78, 5) is 0. The van der Waals surface area contributed by atoms with Crippen molar-refractivity contribution < 1.29 is 9.47 Å². The number of rotatable bonds is 5. The fourth-order valence-electron chi connectivity index (χ4n) is 2.68. The van der Waals surface area contributed by atoms with E-state index < -0.39 is 0 Å². The molecule has 1 aromatic carbocycles. The van der Waals surface area contributed by atoms with Crippen LogP contribution in [0.25, 0.3) is 11.3 Å². The van der Waals surface area contributed by atoms with E-state index in [4.69, 9.17) is 9.47 Å². The van der Waals surface area contributed by atoms with E-state index in [0.717, 1.165) is 42.3 Å². The number of benzene rings is 1. The smallest absolute Gasteiger partial charge is 0.132 e. The molecular formula is C16H21N3O2. The largest absolute Gasteiger partial charge is 0.494 e. The fourth-order valence-corrected chi connectivity index (χ4v) is 2.68. The molecule has 3 rings (SSSR count). The molecule has 5 nitrogen and oxygen atoms in total. The van der Waals surface area contributed by atoms with Crippen molar-refractivity contribution in [2.45, 2.75) is 26.8 Å². The maximum Gasteiger partial charge on any atom is 0.132 e. The number of aromatic nitrogens is 2. The molecule has 0 bridgehead atoms. The molecule has 21 heavy (non-hydrogen) atoms. The highest BCUT2D eigenvalue weighted by Gasteiger charge is 2.20. The fraction of sp³-hybridized carbons (Fsp3) is 0.438. The van der Waals surface area contributed by atoms with Gasteiger partial charge in [0.25, 0.3) is 0 Å². The summed E-state index contributed by atoms with van der Waals surface area (Å²) in [5.41, 5.74) is 4.46. The van der Waals surface area contributed by atoms with E-state index in [1.165, 1.54) is 11.3 Å². The number of nitrogens with one attached hydrogen (secondary N) is 2. The van der Waals surface area contributed by atoms with Gasteiger partial charge in [-0.05, 0) is 26.0 Å². The molecule has 5 heteroatoms. The number of ether oxygens (including phenoxy) is 2. The normalized spacial score (nSPS) is 13.8. The van der Waals surface area contributed by atoms with Crippen molar-refractivity contribution in [3.63, 3.8) is 0 Å². The van der Waals surface area contributed by atoms with E-state index in [-0.39, 0.29) is 0 Å². The van der Waals surface area contributed by atoms with Crippen LogP contribution in [-0.4, -0.2) is 30.0 Å². The number of H-pyrrole nitrogens is 1. The van der Waals surface area contributed by atoms with E-state index in [2.05, 4.69) is 15.5 Å². The van der Waals surface area contributed by atoms with Crippen LogP contribution in [0.1, 0.15) is 25.1 Å². The molecule has 1 aliphatic rings. The van der Waals surface area contributed by atoms with Gasteiger partial charge in [-0.15, -0.1) is 0 Å². The van der Waals surface area contributed by atoms with Gasteiger partial charge in [0.15, 0.2) is 0 Å². The Morgan fingerprint density at radius 2 is 2.05 bits per heavy atom. The van der Waals surface area contributed by atoms with Crippen LogP contribution in [0.2, 0.25) is 0 Å². The molecule has 0 atom stereocenters. The lowest BCUT2D eigenvalue weighted by Crippen LogP contribution is -2.23. The number of hydrogen-bond acceptors (Lipinski definition) is 4. The molecule has 0 unspecified atom stereocenters. The Kier molecular flexibility index (Phi) is 4.10. The maximum atomic E-state index is 5.78. The van der Waals surface area contributed by atoms with Gasteiger partial charge in [-0.2, -0.15) is 5.10 Å². The Balaban J connectivity index is 2.02. The van der Waals surface area contributed by atoms with Gasteiger partial charge in [-0.3, -0.25) is 5.10 Å². The van der Waals surface area contributed by atoms with Gasteiger partial charge in [-0.1, -0.05) is 0 Å². The van der Waals surface area contributed by atoms with Gasteiger partial charge in [-0.25, -0.2) is 0 Å². The second kappa shape index (κ2) is 6.18. The Hall–Kier alpha value is -2.01. The molecule has 0 fully saturated rings. The minimum absolute atomic E-state index is 0.618. The third-order valence-electron chi connectivity index (χ3n) is 3.63. The lowest BCUT2D eigenvalue weighted by Gasteiger charge is -2.15. The number of aromatic amines is 1. The number of nitrogens with zero attached hydrogens (tertiary/aromatic N) is 1. The first kappa shape index (κ1) is 13.9. The van der Waals surface area contributed by atoms with E-state index in [1.807, 2.05) is 32.0 Å². The van der Waals surface area contributed by atoms with Crippen LogP contribution in [0.4, 0.5) is 0 Å². The number of hydrogen-bond donors (Lipinski definition) is 2. The SMILES string of the molecule is CCOc1ccc(-c2n[nH]c3c2CNCC3)c(OCC)c1. The van der Waals surface area contributed by atoms with Crippen molar-refractivity contribution in [3.8, 4) is 22.8 Å². The maximum absolute atomic E-state index is 5.78. The standard InChI is InChI=1S/C16H21N3O2/c1-3-20-11-5-6-12(15(9-11)21-4-2)16-13-10-17-8-7-14(13)18-19-16/h5-6,9,17H,3-4,7-8,10H2,1-2H3,(H,18,19). The van der Waals surface area contributed by atoms with Gasteiger partial charge < -0.3 is 14.8 Å². The summed E-state index contributed by atoms with van der Waals surface area (Å²) in [6.45, 7) is 7.07. The quantitative estimate of drug-likeness (QED) is 0.887. The van der Waals surface area contributed by atoms with Gasteiger partial charge in [0.1, 0.15) is 17.2 Å². The van der Waals surface area contributed by atoms with Crippen LogP contribution in [-0.2, 0) is 13.0 Å². The topological polar surface area (TPSA) is 59.2 Å². The van der Waals surface area contributed by atoms with Crippen molar-refractivity contribution in [2.24, 2.45) is 0 Å². The second-order valence-corrected chi connectivity index (χ2v) is 4.98. The molecule has 0 aliphatic carbocycles. The van der Waals surface area contributed by atoms with Crippen LogP contribution >= 0.6 is 0 Å². The van der Waals surface area contributed by atoms with Crippen LogP contribution in [0.5, 0.6) is 11.5 Å². The lowest BCUT2D eigenvalue weighted by molar-refractivity contribution is 0.324. The van der Waals surface area contributed by atoms with Crippen molar-refractivity contribution in [1.29, 1.82) is 0 Å². The van der Waals surface area contributed by atoms with E-state index in [1.54, 1.807) is 0 Å². The average Bonchev–Trinajstić information content (AvgIpc) is 2.92. The molecule has 0 saturated heterocycles. The van der Waals surface area contributed by atoms with Crippen LogP contribution in [0, 0.1) is 0 Å². The molecular weight excluding hydrogens is 266 g/mol. The first-order chi connectivity index (χ1) is 10.3. The predicted molar refractivity (Wildman–Crippen MR) is 81.8 cm³/mol. The zero-order valence-corrected chi connectivity index (χ0v) is 12.5. The summed E-state index contributed by atoms with van der Waals surface area (Å²) in [5.74, 6) is 1.65. The first-order valence-electron chi connectivity index (χ1n) is 7.50. The minimum atomic E-state index is 0.618. The molecule has 2 aromatic rings. The third-order valence-corrected chi connectivity index (χ3v) is 3.63. The molecule has 0 amide bonds. The van der Waals surface area contributed by atoms with Crippen molar-refractivity contribution in [1.82, 2.24) is 15.5 Å². The Morgan fingerprint density at radius 3 is 2.86 bits per heavy atom. The molecule has 2 N–H and O–H groups in total. The summed E-state index contributed by atoms with van der Waals surface area (Å²) >= 11 is 0. The second-order valence-electron chi connectivity index (χ2n) is 4.98. The van der Waals surface area contributed by atoms with Gasteiger partial charge in [0.2, 0.25) is 0 Å². The summed E-state index contributed by atoms with van der Waals surface area (Å²) in [6.07, 6.45) is 0.989. The first-order valence-corrected chi connectivity index (χ1v) is 7.50. The molecule has 1 aromatic heterocycles. The van der Waals surface area contributed by atoms with Gasteiger partial charge in [0.05, 0.1) is 13.2 Å². The third kappa shape index (κ3) is 2.74. The molecule has 1 aliphatic heterocycles. The molecule has 0 radical (unpaired) electrons. The summed E-state index contributed by atoms with van der Waals surface area (Å²) in [6, 6.07) is 5.94. The van der Waals surface area contributed by atoms with E-state index in [9.17, 15) is 0 Å². The zero-order chi connectivity index (χ0) is 14.7. The number of fused-ring (bicyclic) bond motifs is 1. The van der Waals surface area contributed by atoms with E-state index in [0.29, 0.717) is 13.2 Å².